The van der Waals surface area contributed by atoms with Crippen molar-refractivity contribution >= 4 is 0 Å². The van der Waals surface area contributed by atoms with Gasteiger partial charge in [-0.05, 0) is 29.9 Å². The van der Waals surface area contributed by atoms with Crippen LogP contribution < -0.4 is 0 Å². The Labute approximate surface area is 89.5 Å². The molecule has 0 saturated heterocycles. The maximum atomic E-state index is 9.36. The molecule has 1 rings (SSSR count). The molecular formula is C13H26O. The lowest BCUT2D eigenvalue weighted by Gasteiger charge is -2.26. The predicted octanol–water partition coefficient (Wildman–Crippen LogP) is 3.94. The van der Waals surface area contributed by atoms with Crippen LogP contribution >= 0.6 is 0 Å². The van der Waals surface area contributed by atoms with E-state index in [9.17, 15) is 5.11 Å². The Morgan fingerprint density at radius 2 is 1.57 bits per heavy atom. The summed E-state index contributed by atoms with van der Waals surface area (Å²) in [5.41, 5.74) is 1.85. The highest BCUT2D eigenvalue weighted by Crippen LogP contribution is 2.30. The van der Waals surface area contributed by atoms with Crippen LogP contribution in [0.15, 0.2) is 24.3 Å². The highest BCUT2D eigenvalue weighted by molar-refractivity contribution is 5.31. The van der Waals surface area contributed by atoms with Crippen molar-refractivity contribution < 1.29 is 5.11 Å². The maximum Gasteiger partial charge on any atom is 0.0789 e. The van der Waals surface area contributed by atoms with Gasteiger partial charge in [0.2, 0.25) is 0 Å². The van der Waals surface area contributed by atoms with Gasteiger partial charge < -0.3 is 5.11 Å². The maximum absolute atomic E-state index is 9.36. The average molecular weight is 198 g/mol. The van der Waals surface area contributed by atoms with Gasteiger partial charge in [-0.1, -0.05) is 47.8 Å². The number of aliphatic hydroxyl groups is 1. The first-order valence-electron chi connectivity index (χ1n) is 5.66. The number of hydrogen-bond acceptors (Lipinski definition) is 1. The van der Waals surface area contributed by atoms with E-state index in [2.05, 4.69) is 20.1 Å². The van der Waals surface area contributed by atoms with Crippen LogP contribution in [0.2, 0.25) is 0 Å². The summed E-state index contributed by atoms with van der Waals surface area (Å²) >= 11 is 0. The molecule has 2 atom stereocenters. The van der Waals surface area contributed by atoms with Gasteiger partial charge >= 0.3 is 0 Å². The van der Waals surface area contributed by atoms with E-state index in [-0.39, 0.29) is 6.10 Å². The van der Waals surface area contributed by atoms with Gasteiger partial charge in [0.05, 0.1) is 6.10 Å². The van der Waals surface area contributed by atoms with E-state index in [1.54, 1.807) is 0 Å². The lowest BCUT2D eigenvalue weighted by atomic mass is 9.83. The number of aliphatic hydroxyl groups excluding tert-OH is 1. The van der Waals surface area contributed by atoms with Gasteiger partial charge in [0.1, 0.15) is 0 Å². The zero-order valence-electron chi connectivity index (χ0n) is 10.4. The van der Waals surface area contributed by atoms with E-state index >= 15 is 0 Å². The molecular weight excluding hydrogens is 172 g/mol. The van der Waals surface area contributed by atoms with Gasteiger partial charge in [-0.15, -0.1) is 0 Å². The quantitative estimate of drug-likeness (QED) is 0.625. The summed E-state index contributed by atoms with van der Waals surface area (Å²) in [6, 6.07) is 0. The summed E-state index contributed by atoms with van der Waals surface area (Å²) in [7, 11) is 0. The first-order chi connectivity index (χ1) is 6.61. The molecule has 0 aromatic carbocycles. The monoisotopic (exact) mass is 198 g/mol. The molecule has 1 N–H and O–H groups in total. The molecule has 1 nitrogen and oxygen atoms in total. The van der Waals surface area contributed by atoms with Gasteiger partial charge in [-0.25, -0.2) is 0 Å². The van der Waals surface area contributed by atoms with E-state index in [1.165, 1.54) is 0 Å². The number of rotatable bonds is 0. The molecule has 0 radical (unpaired) electrons. The fraction of sp³-hybridized carbons (Fsp3) is 0.692. The van der Waals surface area contributed by atoms with Crippen LogP contribution in [0, 0.1) is 5.92 Å². The second-order valence-corrected chi connectivity index (χ2v) is 3.19. The van der Waals surface area contributed by atoms with E-state index in [4.69, 9.17) is 0 Å². The van der Waals surface area contributed by atoms with Gasteiger partial charge in [-0.2, -0.15) is 0 Å². The molecule has 1 saturated carbocycles. The van der Waals surface area contributed by atoms with Crippen LogP contribution in [0.5, 0.6) is 0 Å². The van der Waals surface area contributed by atoms with Crippen molar-refractivity contribution in [2.75, 3.05) is 0 Å². The van der Waals surface area contributed by atoms with Crippen LogP contribution in [0.1, 0.15) is 47.5 Å². The molecule has 1 aliphatic carbocycles. The Balaban J connectivity index is 0. The minimum atomic E-state index is -0.337. The molecule has 1 fully saturated rings. The van der Waals surface area contributed by atoms with Crippen molar-refractivity contribution in [2.24, 2.45) is 5.92 Å². The second-order valence-electron chi connectivity index (χ2n) is 3.19. The Kier molecular flexibility index (Phi) is 10.2. The van der Waals surface area contributed by atoms with Crippen molar-refractivity contribution in [1.29, 1.82) is 0 Å². The lowest BCUT2D eigenvalue weighted by molar-refractivity contribution is 0.169. The van der Waals surface area contributed by atoms with Crippen LogP contribution in [0.4, 0.5) is 0 Å². The summed E-state index contributed by atoms with van der Waals surface area (Å²) in [5.74, 6) is 0.563. The normalized spacial score (nSPS) is 25.6. The Hall–Kier alpha value is -0.560. The molecule has 0 aliphatic heterocycles. The van der Waals surface area contributed by atoms with Crippen molar-refractivity contribution in [2.45, 2.75) is 53.6 Å². The Morgan fingerprint density at radius 1 is 1.14 bits per heavy atom. The van der Waals surface area contributed by atoms with Gasteiger partial charge in [0, 0.05) is 0 Å². The highest BCUT2D eigenvalue weighted by atomic mass is 16.3. The molecule has 14 heavy (non-hydrogen) atoms. The first kappa shape index (κ1) is 15.9. The van der Waals surface area contributed by atoms with E-state index in [0.29, 0.717) is 5.92 Å². The van der Waals surface area contributed by atoms with Crippen molar-refractivity contribution in [3.05, 3.63) is 24.3 Å². The Bertz CT molecular complexity index is 170. The van der Waals surface area contributed by atoms with Gasteiger partial charge in [-0.3, -0.25) is 0 Å². The number of hydrogen-bond donors (Lipinski definition) is 1. The van der Waals surface area contributed by atoms with Gasteiger partial charge in [0.25, 0.3) is 0 Å². The summed E-state index contributed by atoms with van der Waals surface area (Å²) in [6.45, 7) is 17.7. The zero-order valence-corrected chi connectivity index (χ0v) is 10.4. The SMILES string of the molecule is C=C1CC(C)CC(O)C1=C.CC.CC. The molecule has 0 spiro atoms. The largest absolute Gasteiger partial charge is 0.388 e. The fourth-order valence-corrected chi connectivity index (χ4v) is 1.39. The zero-order chi connectivity index (χ0) is 11.7. The van der Waals surface area contributed by atoms with Crippen molar-refractivity contribution in [3.8, 4) is 0 Å². The van der Waals surface area contributed by atoms with E-state index in [0.717, 1.165) is 24.0 Å². The van der Waals surface area contributed by atoms with Crippen LogP contribution in [-0.4, -0.2) is 11.2 Å². The molecule has 0 heterocycles. The fourth-order valence-electron chi connectivity index (χ4n) is 1.39. The third-order valence-corrected chi connectivity index (χ3v) is 2.08. The highest BCUT2D eigenvalue weighted by Gasteiger charge is 2.22. The molecule has 1 aliphatic rings. The molecule has 84 valence electrons. The molecule has 0 amide bonds. The van der Waals surface area contributed by atoms with Crippen LogP contribution in [0.3, 0.4) is 0 Å². The topological polar surface area (TPSA) is 20.2 Å². The third-order valence-electron chi connectivity index (χ3n) is 2.08. The second kappa shape index (κ2) is 9.01. The molecule has 2 unspecified atom stereocenters. The van der Waals surface area contributed by atoms with E-state index in [1.807, 2.05) is 27.7 Å². The molecule has 0 aromatic heterocycles. The predicted molar refractivity (Wildman–Crippen MR) is 65.4 cm³/mol. The van der Waals surface area contributed by atoms with Crippen LogP contribution in [-0.2, 0) is 0 Å². The third kappa shape index (κ3) is 5.23. The Morgan fingerprint density at radius 3 is 1.93 bits per heavy atom. The van der Waals surface area contributed by atoms with Crippen molar-refractivity contribution in [1.82, 2.24) is 0 Å². The minimum absolute atomic E-state index is 0.337. The van der Waals surface area contributed by atoms with Gasteiger partial charge in [0.15, 0.2) is 0 Å². The van der Waals surface area contributed by atoms with Crippen LogP contribution in [0.25, 0.3) is 0 Å². The van der Waals surface area contributed by atoms with Crippen molar-refractivity contribution in [3.63, 3.8) is 0 Å². The molecule has 1 heteroatoms. The minimum Gasteiger partial charge on any atom is -0.388 e. The molecule has 0 aromatic rings. The smallest absolute Gasteiger partial charge is 0.0789 e. The van der Waals surface area contributed by atoms with E-state index < -0.39 is 0 Å². The average Bonchev–Trinajstić information content (AvgIpc) is 2.20. The summed E-state index contributed by atoms with van der Waals surface area (Å²) in [6.07, 6.45) is 1.50. The first-order valence-corrected chi connectivity index (χ1v) is 5.66. The summed E-state index contributed by atoms with van der Waals surface area (Å²) in [5, 5.41) is 9.36. The summed E-state index contributed by atoms with van der Waals surface area (Å²) in [4.78, 5) is 0. The standard InChI is InChI=1S/C9H14O.2C2H6/c1-6-4-7(2)8(3)9(10)5-6;2*1-2/h6,9-10H,2-5H2,1H3;2*1-2H3. The molecule has 0 bridgehead atoms. The summed E-state index contributed by atoms with van der Waals surface area (Å²) < 4.78 is 0. The lowest BCUT2D eigenvalue weighted by Crippen LogP contribution is -2.21.